The van der Waals surface area contributed by atoms with Gasteiger partial charge < -0.3 is 10.6 Å². The van der Waals surface area contributed by atoms with Crippen molar-refractivity contribution in [1.82, 2.24) is 15.5 Å². The van der Waals surface area contributed by atoms with Gasteiger partial charge in [0.15, 0.2) is 5.11 Å². The number of hydrogen-bond acceptors (Lipinski definition) is 2. The Kier molecular flexibility index (Phi) is 4.22. The Morgan fingerprint density at radius 3 is 2.70 bits per heavy atom. The zero-order chi connectivity index (χ0) is 13.9. The van der Waals surface area contributed by atoms with E-state index in [0.29, 0.717) is 6.04 Å². The van der Waals surface area contributed by atoms with Gasteiger partial charge in [0.2, 0.25) is 0 Å². The van der Waals surface area contributed by atoms with Crippen LogP contribution in [0.5, 0.6) is 0 Å². The Morgan fingerprint density at radius 2 is 2.00 bits per heavy atom. The number of rotatable bonds is 4. The summed E-state index contributed by atoms with van der Waals surface area (Å²) >= 11 is 5.45. The summed E-state index contributed by atoms with van der Waals surface area (Å²) in [6.45, 7) is 4.51. The first-order valence-electron chi connectivity index (χ1n) is 7.58. The summed E-state index contributed by atoms with van der Waals surface area (Å²) in [6, 6.07) is 12.1. The number of benzene rings is 1. The van der Waals surface area contributed by atoms with Crippen LogP contribution in [0.15, 0.2) is 30.3 Å². The normalized spacial score (nSPS) is 24.4. The molecule has 2 N–H and O–H groups in total. The number of hydrogen-bond donors (Lipinski definition) is 2. The van der Waals surface area contributed by atoms with Gasteiger partial charge in [-0.3, -0.25) is 4.90 Å². The fourth-order valence-corrected chi connectivity index (χ4v) is 3.27. The summed E-state index contributed by atoms with van der Waals surface area (Å²) in [5, 5.41) is 7.64. The van der Waals surface area contributed by atoms with Crippen LogP contribution in [0, 0.1) is 0 Å². The van der Waals surface area contributed by atoms with E-state index in [1.54, 1.807) is 0 Å². The highest BCUT2D eigenvalue weighted by Gasteiger charge is 2.34. The number of nitrogens with zero attached hydrogens (tertiary/aromatic N) is 1. The average Bonchev–Trinajstić information content (AvgIpc) is 3.20. The van der Waals surface area contributed by atoms with E-state index in [-0.39, 0.29) is 6.04 Å². The summed E-state index contributed by atoms with van der Waals surface area (Å²) in [7, 11) is 0. The highest BCUT2D eigenvalue weighted by atomic mass is 32.1. The van der Waals surface area contributed by atoms with E-state index in [9.17, 15) is 0 Å². The van der Waals surface area contributed by atoms with Crippen LogP contribution in [0.3, 0.4) is 0 Å². The van der Waals surface area contributed by atoms with E-state index < -0.39 is 0 Å². The Labute approximate surface area is 126 Å². The molecule has 0 amide bonds. The summed E-state index contributed by atoms with van der Waals surface area (Å²) < 4.78 is 0. The summed E-state index contributed by atoms with van der Waals surface area (Å²) in [6.07, 6.45) is 3.99. The van der Waals surface area contributed by atoms with E-state index in [4.69, 9.17) is 12.2 Å². The largest absolute Gasteiger partial charge is 0.359 e. The van der Waals surface area contributed by atoms with Crippen molar-refractivity contribution in [3.8, 4) is 0 Å². The summed E-state index contributed by atoms with van der Waals surface area (Å²) in [4.78, 5) is 2.60. The second-order valence-corrected chi connectivity index (χ2v) is 6.37. The van der Waals surface area contributed by atoms with Gasteiger partial charge in [0.25, 0.3) is 0 Å². The van der Waals surface area contributed by atoms with Crippen molar-refractivity contribution in [2.75, 3.05) is 13.1 Å². The number of thiocarbonyl (C=S) groups is 1. The number of nitrogens with one attached hydrogen (secondary N) is 2. The molecule has 0 spiro atoms. The van der Waals surface area contributed by atoms with E-state index in [1.165, 1.54) is 31.4 Å². The van der Waals surface area contributed by atoms with Crippen molar-refractivity contribution in [2.45, 2.75) is 44.3 Å². The van der Waals surface area contributed by atoms with Gasteiger partial charge in [-0.05, 0) is 44.0 Å². The van der Waals surface area contributed by atoms with Crippen LogP contribution >= 0.6 is 12.2 Å². The van der Waals surface area contributed by atoms with E-state index >= 15 is 0 Å². The van der Waals surface area contributed by atoms with Crippen LogP contribution in [-0.2, 0) is 0 Å². The molecule has 1 aromatic carbocycles. The molecule has 0 bridgehead atoms. The first-order chi connectivity index (χ1) is 9.72. The smallest absolute Gasteiger partial charge is 0.167 e. The third-order valence-electron chi connectivity index (χ3n) is 4.27. The quantitative estimate of drug-likeness (QED) is 0.833. The third kappa shape index (κ3) is 3.49. The molecule has 4 heteroatoms. The lowest BCUT2D eigenvalue weighted by Crippen LogP contribution is -2.44. The van der Waals surface area contributed by atoms with Crippen LogP contribution in [-0.4, -0.2) is 35.2 Å². The monoisotopic (exact) mass is 289 g/mol. The van der Waals surface area contributed by atoms with E-state index in [2.05, 4.69) is 46.7 Å². The lowest BCUT2D eigenvalue weighted by atomic mass is 10.1. The first kappa shape index (κ1) is 13.8. The third-order valence-corrected chi connectivity index (χ3v) is 4.50. The molecule has 2 aliphatic rings. The van der Waals surface area contributed by atoms with E-state index in [0.717, 1.165) is 17.7 Å². The molecule has 0 unspecified atom stereocenters. The van der Waals surface area contributed by atoms with Crippen molar-refractivity contribution < 1.29 is 0 Å². The molecule has 108 valence electrons. The summed E-state index contributed by atoms with van der Waals surface area (Å²) in [5.41, 5.74) is 1.27. The van der Waals surface area contributed by atoms with Gasteiger partial charge in [0.05, 0.1) is 6.04 Å². The molecule has 0 aromatic heterocycles. The lowest BCUT2D eigenvalue weighted by Gasteiger charge is -2.21. The molecule has 2 fully saturated rings. The zero-order valence-electron chi connectivity index (χ0n) is 12.0. The molecule has 1 heterocycles. The Balaban J connectivity index is 1.45. The van der Waals surface area contributed by atoms with Crippen molar-refractivity contribution in [3.05, 3.63) is 35.9 Å². The second-order valence-electron chi connectivity index (χ2n) is 5.96. The summed E-state index contributed by atoms with van der Waals surface area (Å²) in [5.74, 6) is 0. The van der Waals surface area contributed by atoms with Crippen LogP contribution < -0.4 is 10.6 Å². The lowest BCUT2D eigenvalue weighted by molar-refractivity contribution is 0.321. The average molecular weight is 289 g/mol. The van der Waals surface area contributed by atoms with Gasteiger partial charge in [0, 0.05) is 25.2 Å². The maximum absolute atomic E-state index is 5.45. The molecule has 3 nitrogen and oxygen atoms in total. The first-order valence-corrected chi connectivity index (χ1v) is 7.99. The fourth-order valence-electron chi connectivity index (χ4n) is 2.93. The molecule has 20 heavy (non-hydrogen) atoms. The molecular formula is C16H23N3S. The SMILES string of the molecule is C[C@H](NC(=S)N[C@H]1CCN(C2CC2)C1)c1ccccc1. The van der Waals surface area contributed by atoms with Crippen LogP contribution in [0.4, 0.5) is 0 Å². The molecule has 1 aromatic rings. The molecule has 1 aliphatic carbocycles. The minimum atomic E-state index is 0.247. The molecule has 1 saturated heterocycles. The standard InChI is InChI=1S/C16H23N3S/c1-12(13-5-3-2-4-6-13)17-16(20)18-14-9-10-19(11-14)15-7-8-15/h2-6,12,14-15H,7-11H2,1H3,(H2,17,18,20)/t12-,14-/m0/s1. The molecule has 0 radical (unpaired) electrons. The maximum Gasteiger partial charge on any atom is 0.167 e. The maximum atomic E-state index is 5.45. The highest BCUT2D eigenvalue weighted by molar-refractivity contribution is 7.80. The van der Waals surface area contributed by atoms with Crippen molar-refractivity contribution in [2.24, 2.45) is 0 Å². The Morgan fingerprint density at radius 1 is 1.25 bits per heavy atom. The highest BCUT2D eigenvalue weighted by Crippen LogP contribution is 2.29. The van der Waals surface area contributed by atoms with Gasteiger partial charge in [-0.1, -0.05) is 30.3 Å². The van der Waals surface area contributed by atoms with Gasteiger partial charge in [-0.2, -0.15) is 0 Å². The number of likely N-dealkylation sites (tertiary alicyclic amines) is 1. The minimum Gasteiger partial charge on any atom is -0.359 e. The fraction of sp³-hybridized carbons (Fsp3) is 0.562. The minimum absolute atomic E-state index is 0.247. The van der Waals surface area contributed by atoms with Gasteiger partial charge in [-0.15, -0.1) is 0 Å². The Hall–Kier alpha value is -1.13. The van der Waals surface area contributed by atoms with E-state index in [1.807, 2.05) is 6.07 Å². The molecule has 3 rings (SSSR count). The van der Waals surface area contributed by atoms with Gasteiger partial charge in [0.1, 0.15) is 0 Å². The van der Waals surface area contributed by atoms with Crippen molar-refractivity contribution in [3.63, 3.8) is 0 Å². The molecule has 1 aliphatic heterocycles. The molecular weight excluding hydrogens is 266 g/mol. The predicted molar refractivity (Wildman–Crippen MR) is 86.7 cm³/mol. The van der Waals surface area contributed by atoms with Gasteiger partial charge in [-0.25, -0.2) is 0 Å². The molecule has 2 atom stereocenters. The predicted octanol–water partition coefficient (Wildman–Crippen LogP) is 2.45. The zero-order valence-corrected chi connectivity index (χ0v) is 12.8. The van der Waals surface area contributed by atoms with Crippen LogP contribution in [0.1, 0.15) is 37.8 Å². The van der Waals surface area contributed by atoms with Crippen molar-refractivity contribution >= 4 is 17.3 Å². The van der Waals surface area contributed by atoms with Gasteiger partial charge >= 0.3 is 0 Å². The Bertz CT molecular complexity index is 458. The van der Waals surface area contributed by atoms with Crippen LogP contribution in [0.2, 0.25) is 0 Å². The second kappa shape index (κ2) is 6.10. The molecule has 1 saturated carbocycles. The van der Waals surface area contributed by atoms with Crippen molar-refractivity contribution in [1.29, 1.82) is 0 Å². The topological polar surface area (TPSA) is 27.3 Å². The van der Waals surface area contributed by atoms with Crippen LogP contribution in [0.25, 0.3) is 0 Å².